The predicted molar refractivity (Wildman–Crippen MR) is 54.0 cm³/mol. The van der Waals surface area contributed by atoms with E-state index in [4.69, 9.17) is 0 Å². The molecule has 0 unspecified atom stereocenters. The van der Waals surface area contributed by atoms with Crippen LogP contribution in [0.15, 0.2) is 0 Å². The van der Waals surface area contributed by atoms with Crippen LogP contribution in [0, 0.1) is 23.2 Å². The zero-order valence-electron chi connectivity index (χ0n) is 9.39. The van der Waals surface area contributed by atoms with Gasteiger partial charge in [0.2, 0.25) is 0 Å². The van der Waals surface area contributed by atoms with E-state index in [0.29, 0.717) is 24.4 Å². The molecule has 0 radical (unpaired) electrons. The summed E-state index contributed by atoms with van der Waals surface area (Å²) in [6.07, 6.45) is 0. The molecule has 0 aromatic heterocycles. The normalized spacial score (nSPS) is 13.5. The Kier molecular flexibility index (Phi) is 4.25. The van der Waals surface area contributed by atoms with Crippen LogP contribution in [0.2, 0.25) is 0 Å². The van der Waals surface area contributed by atoms with Gasteiger partial charge in [0.1, 0.15) is 0 Å². The molecule has 12 heavy (non-hydrogen) atoms. The summed E-state index contributed by atoms with van der Waals surface area (Å²) in [6, 6.07) is 0. The van der Waals surface area contributed by atoms with Gasteiger partial charge in [-0.2, -0.15) is 0 Å². The van der Waals surface area contributed by atoms with Gasteiger partial charge in [-0.25, -0.2) is 0 Å². The fourth-order valence-electron chi connectivity index (χ4n) is 2.55. The highest BCUT2D eigenvalue weighted by molar-refractivity contribution is 4.87. The van der Waals surface area contributed by atoms with Crippen molar-refractivity contribution < 1.29 is 5.11 Å². The largest absolute Gasteiger partial charge is 0.396 e. The van der Waals surface area contributed by atoms with Crippen molar-refractivity contribution in [3.63, 3.8) is 0 Å². The maximum absolute atomic E-state index is 9.49. The molecule has 0 amide bonds. The van der Waals surface area contributed by atoms with Crippen LogP contribution in [0.25, 0.3) is 0 Å². The van der Waals surface area contributed by atoms with Gasteiger partial charge in [-0.1, -0.05) is 41.5 Å². The zero-order valence-corrected chi connectivity index (χ0v) is 9.39. The lowest BCUT2D eigenvalue weighted by Crippen LogP contribution is -2.41. The lowest BCUT2D eigenvalue weighted by molar-refractivity contribution is -0.0138. The highest BCUT2D eigenvalue weighted by atomic mass is 16.3. The van der Waals surface area contributed by atoms with Gasteiger partial charge in [-0.05, 0) is 17.8 Å². The summed E-state index contributed by atoms with van der Waals surface area (Å²) >= 11 is 0. The van der Waals surface area contributed by atoms with E-state index in [0.717, 1.165) is 0 Å². The van der Waals surface area contributed by atoms with Crippen molar-refractivity contribution >= 4 is 0 Å². The van der Waals surface area contributed by atoms with Crippen molar-refractivity contribution in [2.45, 2.75) is 41.5 Å². The fourth-order valence-corrected chi connectivity index (χ4v) is 2.55. The van der Waals surface area contributed by atoms with Gasteiger partial charge in [0.15, 0.2) is 0 Å². The predicted octanol–water partition coefficient (Wildman–Crippen LogP) is 2.93. The molecule has 0 heterocycles. The molecule has 0 saturated heterocycles. The molecular weight excluding hydrogens is 148 g/mol. The van der Waals surface area contributed by atoms with E-state index < -0.39 is 0 Å². The van der Waals surface area contributed by atoms with Crippen molar-refractivity contribution in [2.24, 2.45) is 23.2 Å². The first-order chi connectivity index (χ1) is 5.39. The molecule has 0 aliphatic rings. The fraction of sp³-hybridized carbons (Fsp3) is 1.00. The maximum Gasteiger partial charge on any atom is 0.0494 e. The third-order valence-corrected chi connectivity index (χ3v) is 3.50. The van der Waals surface area contributed by atoms with Crippen LogP contribution in [0.5, 0.6) is 0 Å². The Hall–Kier alpha value is -0.0400. The molecule has 1 nitrogen and oxygen atoms in total. The van der Waals surface area contributed by atoms with E-state index in [1.165, 1.54) is 0 Å². The first-order valence-electron chi connectivity index (χ1n) is 5.00. The molecule has 0 saturated carbocycles. The third-order valence-electron chi connectivity index (χ3n) is 3.50. The highest BCUT2D eigenvalue weighted by Gasteiger charge is 2.39. The standard InChI is InChI=1S/C11H24O/c1-8(2)11(7-12,9(3)4)10(5)6/h8-10,12H,7H2,1-6H3. The molecule has 0 aliphatic heterocycles. The Bertz CT molecular complexity index is 103. The molecule has 0 fully saturated rings. The van der Waals surface area contributed by atoms with Crippen molar-refractivity contribution in [3.8, 4) is 0 Å². The van der Waals surface area contributed by atoms with E-state index >= 15 is 0 Å². The average Bonchev–Trinajstić information content (AvgIpc) is 1.86. The maximum atomic E-state index is 9.49. The van der Waals surface area contributed by atoms with Gasteiger partial charge in [0.05, 0.1) is 0 Å². The van der Waals surface area contributed by atoms with E-state index in [-0.39, 0.29) is 5.41 Å². The van der Waals surface area contributed by atoms with E-state index in [9.17, 15) is 5.11 Å². The summed E-state index contributed by atoms with van der Waals surface area (Å²) in [5.74, 6) is 1.63. The second-order valence-corrected chi connectivity index (χ2v) is 4.73. The van der Waals surface area contributed by atoms with Gasteiger partial charge in [0.25, 0.3) is 0 Å². The Morgan fingerprint density at radius 1 is 0.833 bits per heavy atom. The molecule has 0 spiro atoms. The topological polar surface area (TPSA) is 20.2 Å². The Balaban J connectivity index is 4.77. The molecule has 0 aromatic rings. The van der Waals surface area contributed by atoms with Gasteiger partial charge < -0.3 is 5.11 Å². The van der Waals surface area contributed by atoms with Crippen LogP contribution in [0.1, 0.15) is 41.5 Å². The van der Waals surface area contributed by atoms with Gasteiger partial charge in [-0.15, -0.1) is 0 Å². The van der Waals surface area contributed by atoms with Crippen LogP contribution in [0.3, 0.4) is 0 Å². The van der Waals surface area contributed by atoms with E-state index in [1.54, 1.807) is 0 Å². The highest BCUT2D eigenvalue weighted by Crippen LogP contribution is 2.42. The van der Waals surface area contributed by atoms with Crippen LogP contribution in [0.4, 0.5) is 0 Å². The summed E-state index contributed by atoms with van der Waals surface area (Å²) in [7, 11) is 0. The van der Waals surface area contributed by atoms with Gasteiger partial charge >= 0.3 is 0 Å². The minimum Gasteiger partial charge on any atom is -0.396 e. The second-order valence-electron chi connectivity index (χ2n) is 4.73. The van der Waals surface area contributed by atoms with Crippen molar-refractivity contribution in [1.29, 1.82) is 0 Å². The summed E-state index contributed by atoms with van der Waals surface area (Å²) in [6.45, 7) is 13.5. The Morgan fingerprint density at radius 3 is 1.08 bits per heavy atom. The summed E-state index contributed by atoms with van der Waals surface area (Å²) in [4.78, 5) is 0. The second kappa shape index (κ2) is 4.27. The third kappa shape index (κ3) is 1.82. The molecule has 0 aromatic carbocycles. The van der Waals surface area contributed by atoms with E-state index in [1.807, 2.05) is 0 Å². The first-order valence-corrected chi connectivity index (χ1v) is 5.00. The Morgan fingerprint density at radius 2 is 1.08 bits per heavy atom. The average molecular weight is 172 g/mol. The lowest BCUT2D eigenvalue weighted by Gasteiger charge is -2.43. The van der Waals surface area contributed by atoms with Crippen LogP contribution >= 0.6 is 0 Å². The number of rotatable bonds is 4. The molecule has 74 valence electrons. The quantitative estimate of drug-likeness (QED) is 0.691. The molecule has 0 rings (SSSR count). The number of hydrogen-bond donors (Lipinski definition) is 1. The summed E-state index contributed by atoms with van der Waals surface area (Å²) < 4.78 is 0. The molecule has 1 N–H and O–H groups in total. The molecule has 1 heteroatoms. The molecule has 0 atom stereocenters. The first kappa shape index (κ1) is 12.0. The zero-order chi connectivity index (χ0) is 9.94. The van der Waals surface area contributed by atoms with Crippen molar-refractivity contribution in [3.05, 3.63) is 0 Å². The van der Waals surface area contributed by atoms with Crippen molar-refractivity contribution in [1.82, 2.24) is 0 Å². The molecular formula is C11H24O. The number of hydrogen-bond acceptors (Lipinski definition) is 1. The molecule has 0 aliphatic carbocycles. The number of aliphatic hydroxyl groups excluding tert-OH is 1. The smallest absolute Gasteiger partial charge is 0.0494 e. The lowest BCUT2D eigenvalue weighted by atomic mass is 9.63. The minimum absolute atomic E-state index is 0.0972. The monoisotopic (exact) mass is 172 g/mol. The van der Waals surface area contributed by atoms with Crippen LogP contribution in [-0.4, -0.2) is 11.7 Å². The summed E-state index contributed by atoms with van der Waals surface area (Å²) in [5, 5.41) is 9.49. The van der Waals surface area contributed by atoms with E-state index in [2.05, 4.69) is 41.5 Å². The number of aliphatic hydroxyl groups is 1. The molecule has 0 bridgehead atoms. The van der Waals surface area contributed by atoms with Gasteiger partial charge in [-0.3, -0.25) is 0 Å². The minimum atomic E-state index is 0.0972. The van der Waals surface area contributed by atoms with Crippen molar-refractivity contribution in [2.75, 3.05) is 6.61 Å². The van der Waals surface area contributed by atoms with Crippen LogP contribution in [-0.2, 0) is 0 Å². The van der Waals surface area contributed by atoms with Gasteiger partial charge in [0, 0.05) is 12.0 Å². The SMILES string of the molecule is CC(C)C(CO)(C(C)C)C(C)C. The van der Waals surface area contributed by atoms with Crippen LogP contribution < -0.4 is 0 Å². The summed E-state index contributed by atoms with van der Waals surface area (Å²) in [5.41, 5.74) is 0.0972. The Labute approximate surface area is 77.2 Å².